The van der Waals surface area contributed by atoms with Crippen LogP contribution in [0, 0.1) is 24.7 Å². The van der Waals surface area contributed by atoms with Crippen molar-refractivity contribution in [3.8, 4) is 0 Å². The molecule has 3 fully saturated rings. The van der Waals surface area contributed by atoms with Crippen LogP contribution >= 0.6 is 0 Å². The van der Waals surface area contributed by atoms with Gasteiger partial charge in [-0.15, -0.1) is 5.10 Å². The number of nitrogens with two attached hydrogens (primary N) is 1. The average molecular weight is 372 g/mol. The number of amides is 1. The number of aromatic nitrogens is 2. The maximum absolute atomic E-state index is 13.1. The predicted molar refractivity (Wildman–Crippen MR) is 106 cm³/mol. The molecular weight excluding hydrogens is 338 g/mol. The number of nitrogens with zero attached hydrogens (tertiary/aromatic N) is 4. The normalized spacial score (nSPS) is 31.6. The van der Waals surface area contributed by atoms with Gasteiger partial charge in [0.25, 0.3) is 0 Å². The molecule has 2 saturated carbocycles. The molecule has 1 amide bonds. The quantitative estimate of drug-likeness (QED) is 0.883. The van der Waals surface area contributed by atoms with Gasteiger partial charge in [0.2, 0.25) is 5.91 Å². The van der Waals surface area contributed by atoms with Crippen molar-refractivity contribution in [2.45, 2.75) is 64.0 Å². The molecule has 2 unspecified atom stereocenters. The van der Waals surface area contributed by atoms with Gasteiger partial charge in [0, 0.05) is 38.1 Å². The third-order valence-corrected chi connectivity index (χ3v) is 7.23. The lowest BCUT2D eigenvalue weighted by atomic mass is 9.65. The van der Waals surface area contributed by atoms with Crippen LogP contribution in [0.4, 0.5) is 5.82 Å². The zero-order valence-corrected chi connectivity index (χ0v) is 16.7. The predicted octanol–water partition coefficient (Wildman–Crippen LogP) is 2.37. The van der Waals surface area contributed by atoms with Gasteiger partial charge in [0.1, 0.15) is 0 Å². The van der Waals surface area contributed by atoms with Gasteiger partial charge in [-0.3, -0.25) is 4.79 Å². The molecule has 2 aliphatic carbocycles. The molecule has 6 heteroatoms. The lowest BCUT2D eigenvalue weighted by Gasteiger charge is -2.45. The molecule has 1 aliphatic heterocycles. The standard InChI is InChI=1S/C21H33N5O/c1-14-6-7-19(24-23-14)25(2)18-8-10-26(11-9-18)21(27)17-12-15-4-3-5-16(13-17)20(15)22/h6-7,15-18,20H,3-5,8-13,22H2,1-2H3. The molecule has 148 valence electrons. The van der Waals surface area contributed by atoms with Crippen molar-refractivity contribution in [3.05, 3.63) is 17.8 Å². The Morgan fingerprint density at radius 3 is 2.37 bits per heavy atom. The average Bonchev–Trinajstić information content (AvgIpc) is 2.67. The Morgan fingerprint density at radius 2 is 1.78 bits per heavy atom. The van der Waals surface area contributed by atoms with Crippen molar-refractivity contribution in [1.29, 1.82) is 0 Å². The zero-order chi connectivity index (χ0) is 19.0. The summed E-state index contributed by atoms with van der Waals surface area (Å²) < 4.78 is 0. The van der Waals surface area contributed by atoms with E-state index in [1.807, 2.05) is 19.1 Å². The number of piperidine rings is 1. The summed E-state index contributed by atoms with van der Waals surface area (Å²) in [6, 6.07) is 4.79. The van der Waals surface area contributed by atoms with Crippen LogP contribution in [0.15, 0.2) is 12.1 Å². The van der Waals surface area contributed by atoms with Crippen LogP contribution in [0.1, 0.15) is 50.6 Å². The first-order valence-corrected chi connectivity index (χ1v) is 10.6. The van der Waals surface area contributed by atoms with Crippen molar-refractivity contribution in [2.24, 2.45) is 23.5 Å². The number of rotatable bonds is 3. The molecule has 0 spiro atoms. The highest BCUT2D eigenvalue weighted by Crippen LogP contribution is 2.42. The van der Waals surface area contributed by atoms with Gasteiger partial charge in [0.05, 0.1) is 5.69 Å². The van der Waals surface area contributed by atoms with E-state index < -0.39 is 0 Å². The molecule has 2 bridgehead atoms. The summed E-state index contributed by atoms with van der Waals surface area (Å²) in [4.78, 5) is 17.5. The van der Waals surface area contributed by atoms with Crippen LogP contribution in [0.5, 0.6) is 0 Å². The minimum Gasteiger partial charge on any atom is -0.355 e. The fourth-order valence-electron chi connectivity index (χ4n) is 5.49. The van der Waals surface area contributed by atoms with Crippen LogP contribution < -0.4 is 10.6 Å². The number of carbonyl (C=O) groups excluding carboxylic acids is 1. The van der Waals surface area contributed by atoms with Gasteiger partial charge < -0.3 is 15.5 Å². The second-order valence-electron chi connectivity index (χ2n) is 8.90. The molecule has 1 aromatic heterocycles. The van der Waals surface area contributed by atoms with Crippen molar-refractivity contribution in [1.82, 2.24) is 15.1 Å². The topological polar surface area (TPSA) is 75.3 Å². The Labute approximate surface area is 162 Å². The Morgan fingerprint density at radius 1 is 1.11 bits per heavy atom. The highest BCUT2D eigenvalue weighted by atomic mass is 16.2. The lowest BCUT2D eigenvalue weighted by molar-refractivity contribution is -0.139. The monoisotopic (exact) mass is 371 g/mol. The van der Waals surface area contributed by atoms with Crippen molar-refractivity contribution in [2.75, 3.05) is 25.0 Å². The molecule has 3 aliphatic rings. The number of aryl methyl sites for hydroxylation is 1. The first-order chi connectivity index (χ1) is 13.0. The van der Waals surface area contributed by atoms with Gasteiger partial charge in [-0.25, -0.2) is 0 Å². The Balaban J connectivity index is 1.32. The van der Waals surface area contributed by atoms with E-state index in [9.17, 15) is 4.79 Å². The van der Waals surface area contributed by atoms with Gasteiger partial charge in [-0.1, -0.05) is 6.42 Å². The van der Waals surface area contributed by atoms with Crippen LogP contribution in [-0.2, 0) is 4.79 Å². The number of carbonyl (C=O) groups is 1. The second kappa shape index (κ2) is 7.74. The first-order valence-electron chi connectivity index (χ1n) is 10.6. The summed E-state index contributed by atoms with van der Waals surface area (Å²) in [5.41, 5.74) is 7.33. The van der Waals surface area contributed by atoms with E-state index in [1.165, 1.54) is 19.3 Å². The fourth-order valence-corrected chi connectivity index (χ4v) is 5.49. The molecule has 2 atom stereocenters. The van der Waals surface area contributed by atoms with Crippen LogP contribution in [0.2, 0.25) is 0 Å². The largest absolute Gasteiger partial charge is 0.355 e. The van der Waals surface area contributed by atoms with Crippen molar-refractivity contribution >= 4 is 11.7 Å². The highest BCUT2D eigenvalue weighted by Gasteiger charge is 2.42. The Kier molecular flexibility index (Phi) is 5.35. The number of hydrogen-bond donors (Lipinski definition) is 1. The molecule has 2 N–H and O–H groups in total. The van der Waals surface area contributed by atoms with Gasteiger partial charge in [-0.05, 0) is 69.4 Å². The van der Waals surface area contributed by atoms with Crippen molar-refractivity contribution in [3.63, 3.8) is 0 Å². The van der Waals surface area contributed by atoms with Crippen molar-refractivity contribution < 1.29 is 4.79 Å². The van der Waals surface area contributed by atoms with E-state index in [-0.39, 0.29) is 5.92 Å². The molecular formula is C21H33N5O. The zero-order valence-electron chi connectivity index (χ0n) is 16.7. The minimum atomic E-state index is 0.206. The smallest absolute Gasteiger partial charge is 0.225 e. The van der Waals surface area contributed by atoms with Gasteiger partial charge in [-0.2, -0.15) is 5.10 Å². The third-order valence-electron chi connectivity index (χ3n) is 7.23. The fraction of sp³-hybridized carbons (Fsp3) is 0.762. The van der Waals surface area contributed by atoms with Crippen LogP contribution in [-0.4, -0.2) is 53.2 Å². The summed E-state index contributed by atoms with van der Waals surface area (Å²) in [6.07, 6.45) is 7.74. The SMILES string of the molecule is Cc1ccc(N(C)C2CCN(C(=O)C3CC4CCCC(C3)C4N)CC2)nn1. The number of anilines is 1. The minimum absolute atomic E-state index is 0.206. The molecule has 27 heavy (non-hydrogen) atoms. The second-order valence-corrected chi connectivity index (χ2v) is 8.90. The maximum atomic E-state index is 13.1. The van der Waals surface area contributed by atoms with Crippen LogP contribution in [0.25, 0.3) is 0 Å². The highest BCUT2D eigenvalue weighted by molar-refractivity contribution is 5.79. The molecule has 2 heterocycles. The van der Waals surface area contributed by atoms with E-state index in [1.54, 1.807) is 0 Å². The molecule has 6 nitrogen and oxygen atoms in total. The summed E-state index contributed by atoms with van der Waals surface area (Å²) in [5, 5.41) is 8.47. The molecule has 0 radical (unpaired) electrons. The Hall–Kier alpha value is -1.69. The van der Waals surface area contributed by atoms with Crippen LogP contribution in [0.3, 0.4) is 0 Å². The first kappa shape index (κ1) is 18.7. The maximum Gasteiger partial charge on any atom is 0.225 e. The number of likely N-dealkylation sites (tertiary alicyclic amines) is 1. The summed E-state index contributed by atoms with van der Waals surface area (Å²) in [7, 11) is 2.09. The van der Waals surface area contributed by atoms with E-state index in [4.69, 9.17) is 5.73 Å². The van der Waals surface area contributed by atoms with E-state index in [2.05, 4.69) is 27.0 Å². The summed E-state index contributed by atoms with van der Waals surface area (Å²) in [5.74, 6) is 2.64. The summed E-state index contributed by atoms with van der Waals surface area (Å²) >= 11 is 0. The van der Waals surface area contributed by atoms with Gasteiger partial charge in [0.15, 0.2) is 5.82 Å². The molecule has 4 rings (SSSR count). The molecule has 1 aromatic rings. The molecule has 0 aromatic carbocycles. The Bertz CT molecular complexity index is 641. The van der Waals surface area contributed by atoms with E-state index >= 15 is 0 Å². The van der Waals surface area contributed by atoms with E-state index in [0.29, 0.717) is 29.8 Å². The van der Waals surface area contributed by atoms with Gasteiger partial charge >= 0.3 is 0 Å². The molecule has 1 saturated heterocycles. The lowest BCUT2D eigenvalue weighted by Crippen LogP contribution is -2.52. The number of hydrogen-bond acceptors (Lipinski definition) is 5. The third kappa shape index (κ3) is 3.82. The van der Waals surface area contributed by atoms with E-state index in [0.717, 1.165) is 50.3 Å². The number of fused-ring (bicyclic) bond motifs is 2. The summed E-state index contributed by atoms with van der Waals surface area (Å²) in [6.45, 7) is 3.66.